The second kappa shape index (κ2) is 5.64. The van der Waals surface area contributed by atoms with Crippen molar-refractivity contribution in [1.29, 1.82) is 0 Å². The lowest BCUT2D eigenvalue weighted by atomic mass is 10.0. The third-order valence-electron chi connectivity index (χ3n) is 4.14. The molecule has 0 radical (unpaired) electrons. The fourth-order valence-electron chi connectivity index (χ4n) is 3.09. The van der Waals surface area contributed by atoms with Crippen molar-refractivity contribution in [3.05, 3.63) is 29.8 Å². The number of thioether (sulfide) groups is 1. The molecule has 1 aliphatic heterocycles. The van der Waals surface area contributed by atoms with Crippen LogP contribution in [0.3, 0.4) is 0 Å². The van der Waals surface area contributed by atoms with Gasteiger partial charge in [0.1, 0.15) is 0 Å². The Hall–Kier alpha value is -0.510. The lowest BCUT2D eigenvalue weighted by Gasteiger charge is -2.15. The van der Waals surface area contributed by atoms with E-state index in [1.165, 1.54) is 22.6 Å². The van der Waals surface area contributed by atoms with E-state index in [9.17, 15) is 5.11 Å². The molecule has 1 aliphatic carbocycles. The van der Waals surface area contributed by atoms with Gasteiger partial charge in [-0.1, -0.05) is 18.2 Å². The molecule has 1 aromatic rings. The Morgan fingerprint density at radius 2 is 2.11 bits per heavy atom. The smallest absolute Gasteiger partial charge is 0.0543 e. The Labute approximate surface area is 113 Å². The second-order valence-corrected chi connectivity index (χ2v) is 6.60. The van der Waals surface area contributed by atoms with Gasteiger partial charge in [-0.2, -0.15) is 0 Å². The Morgan fingerprint density at radius 3 is 2.94 bits per heavy atom. The molecule has 1 heterocycles. The van der Waals surface area contributed by atoms with Crippen molar-refractivity contribution in [2.24, 2.45) is 5.92 Å². The highest BCUT2D eigenvalue weighted by atomic mass is 32.2. The molecule has 2 N–H and O–H groups in total. The predicted molar refractivity (Wildman–Crippen MR) is 76.1 cm³/mol. The van der Waals surface area contributed by atoms with Crippen LogP contribution >= 0.6 is 11.8 Å². The van der Waals surface area contributed by atoms with E-state index in [1.54, 1.807) is 0 Å². The minimum absolute atomic E-state index is 0.0421. The molecular weight excluding hydrogens is 242 g/mol. The van der Waals surface area contributed by atoms with Crippen molar-refractivity contribution < 1.29 is 5.11 Å². The number of fused-ring (bicyclic) bond motifs is 1. The summed E-state index contributed by atoms with van der Waals surface area (Å²) in [7, 11) is 0. The fraction of sp³-hybridized carbons (Fsp3) is 0.600. The number of nitrogens with one attached hydrogen (secondary N) is 1. The number of hydrogen-bond donors (Lipinski definition) is 2. The first kappa shape index (κ1) is 12.5. The van der Waals surface area contributed by atoms with Crippen molar-refractivity contribution in [3.8, 4) is 0 Å². The predicted octanol–water partition coefficient (Wildman–Crippen LogP) is 2.63. The van der Waals surface area contributed by atoms with Crippen LogP contribution in [0.25, 0.3) is 0 Å². The Balaban J connectivity index is 1.47. The van der Waals surface area contributed by atoms with Gasteiger partial charge < -0.3 is 10.4 Å². The summed E-state index contributed by atoms with van der Waals surface area (Å²) in [6.45, 7) is 2.15. The average molecular weight is 263 g/mol. The molecule has 0 saturated heterocycles. The van der Waals surface area contributed by atoms with Gasteiger partial charge in [-0.3, -0.25) is 0 Å². The first-order valence-electron chi connectivity index (χ1n) is 6.93. The molecule has 1 saturated carbocycles. The van der Waals surface area contributed by atoms with Crippen LogP contribution < -0.4 is 5.32 Å². The molecule has 3 unspecified atom stereocenters. The molecular formula is C15H21NOS. The Kier molecular flexibility index (Phi) is 3.92. The molecule has 3 heteroatoms. The topological polar surface area (TPSA) is 32.3 Å². The summed E-state index contributed by atoms with van der Waals surface area (Å²) in [4.78, 5) is 1.46. The van der Waals surface area contributed by atoms with Gasteiger partial charge in [-0.15, -0.1) is 11.8 Å². The SMILES string of the molecule is OC1CCC(CNCC2CSc3ccccc32)C1. The molecule has 0 spiro atoms. The summed E-state index contributed by atoms with van der Waals surface area (Å²) < 4.78 is 0. The van der Waals surface area contributed by atoms with Crippen molar-refractivity contribution >= 4 is 11.8 Å². The number of hydrogen-bond acceptors (Lipinski definition) is 3. The Morgan fingerprint density at radius 1 is 1.22 bits per heavy atom. The van der Waals surface area contributed by atoms with Crippen LogP contribution in [0.15, 0.2) is 29.2 Å². The van der Waals surface area contributed by atoms with Gasteiger partial charge in [0, 0.05) is 23.1 Å². The monoisotopic (exact) mass is 263 g/mol. The van der Waals surface area contributed by atoms with E-state index in [-0.39, 0.29) is 6.10 Å². The van der Waals surface area contributed by atoms with Crippen molar-refractivity contribution in [3.63, 3.8) is 0 Å². The van der Waals surface area contributed by atoms with E-state index in [0.29, 0.717) is 11.8 Å². The standard InChI is InChI=1S/C15H21NOS/c17-13-6-5-11(7-13)8-16-9-12-10-18-15-4-2-1-3-14(12)15/h1-4,11-13,16-17H,5-10H2. The molecule has 0 aromatic heterocycles. The minimum atomic E-state index is -0.0421. The maximum Gasteiger partial charge on any atom is 0.0543 e. The maximum absolute atomic E-state index is 9.51. The summed E-state index contributed by atoms with van der Waals surface area (Å²) >= 11 is 1.98. The zero-order chi connectivity index (χ0) is 12.4. The van der Waals surface area contributed by atoms with Crippen LogP contribution in [-0.2, 0) is 0 Å². The minimum Gasteiger partial charge on any atom is -0.393 e. The zero-order valence-corrected chi connectivity index (χ0v) is 11.5. The summed E-state index contributed by atoms with van der Waals surface area (Å²) in [5.74, 6) is 2.56. The van der Waals surface area contributed by atoms with E-state index in [1.807, 2.05) is 11.8 Å². The maximum atomic E-state index is 9.51. The lowest BCUT2D eigenvalue weighted by molar-refractivity contribution is 0.177. The molecule has 1 aromatic carbocycles. The van der Waals surface area contributed by atoms with Crippen LogP contribution in [0.5, 0.6) is 0 Å². The van der Waals surface area contributed by atoms with Crippen LogP contribution in [-0.4, -0.2) is 30.1 Å². The van der Waals surface area contributed by atoms with Crippen LogP contribution in [0.4, 0.5) is 0 Å². The normalized spacial score (nSPS) is 30.6. The molecule has 1 fully saturated rings. The van der Waals surface area contributed by atoms with Gasteiger partial charge in [-0.25, -0.2) is 0 Å². The largest absolute Gasteiger partial charge is 0.393 e. The summed E-state index contributed by atoms with van der Waals surface area (Å²) in [5, 5.41) is 13.1. The van der Waals surface area contributed by atoms with E-state index >= 15 is 0 Å². The summed E-state index contributed by atoms with van der Waals surface area (Å²) in [6.07, 6.45) is 3.13. The van der Waals surface area contributed by atoms with Gasteiger partial charge in [-0.05, 0) is 43.4 Å². The van der Waals surface area contributed by atoms with Crippen LogP contribution in [0.2, 0.25) is 0 Å². The molecule has 0 bridgehead atoms. The van der Waals surface area contributed by atoms with Gasteiger partial charge in [0.15, 0.2) is 0 Å². The van der Waals surface area contributed by atoms with Gasteiger partial charge in [0.25, 0.3) is 0 Å². The number of rotatable bonds is 4. The molecule has 0 amide bonds. The molecule has 3 atom stereocenters. The number of aliphatic hydroxyl groups is 1. The summed E-state index contributed by atoms with van der Waals surface area (Å²) in [6, 6.07) is 8.76. The van der Waals surface area contributed by atoms with E-state index in [4.69, 9.17) is 0 Å². The number of aliphatic hydroxyl groups excluding tert-OH is 1. The van der Waals surface area contributed by atoms with Gasteiger partial charge in [0.05, 0.1) is 6.10 Å². The lowest BCUT2D eigenvalue weighted by Crippen LogP contribution is -2.26. The Bertz CT molecular complexity index is 409. The van der Waals surface area contributed by atoms with Crippen LogP contribution in [0, 0.1) is 5.92 Å². The third kappa shape index (κ3) is 2.73. The molecule has 2 nitrogen and oxygen atoms in total. The van der Waals surface area contributed by atoms with Gasteiger partial charge >= 0.3 is 0 Å². The zero-order valence-electron chi connectivity index (χ0n) is 10.6. The highest BCUT2D eigenvalue weighted by molar-refractivity contribution is 7.99. The van der Waals surface area contributed by atoms with Crippen molar-refractivity contribution in [2.45, 2.75) is 36.2 Å². The first-order valence-corrected chi connectivity index (χ1v) is 7.92. The van der Waals surface area contributed by atoms with Crippen molar-refractivity contribution in [2.75, 3.05) is 18.8 Å². The van der Waals surface area contributed by atoms with Crippen molar-refractivity contribution in [1.82, 2.24) is 5.32 Å². The highest BCUT2D eigenvalue weighted by Crippen LogP contribution is 2.38. The molecule has 3 rings (SSSR count). The molecule has 18 heavy (non-hydrogen) atoms. The first-order chi connectivity index (χ1) is 8.83. The van der Waals surface area contributed by atoms with E-state index in [2.05, 4.69) is 29.6 Å². The van der Waals surface area contributed by atoms with E-state index in [0.717, 1.165) is 25.9 Å². The number of benzene rings is 1. The molecule has 98 valence electrons. The average Bonchev–Trinajstić information content (AvgIpc) is 2.97. The summed E-state index contributed by atoms with van der Waals surface area (Å²) in [5.41, 5.74) is 1.52. The quantitative estimate of drug-likeness (QED) is 0.876. The van der Waals surface area contributed by atoms with E-state index < -0.39 is 0 Å². The van der Waals surface area contributed by atoms with Crippen LogP contribution in [0.1, 0.15) is 30.7 Å². The third-order valence-corrected chi connectivity index (χ3v) is 5.39. The molecule has 2 aliphatic rings. The highest BCUT2D eigenvalue weighted by Gasteiger charge is 2.24. The van der Waals surface area contributed by atoms with Gasteiger partial charge in [0.2, 0.25) is 0 Å². The second-order valence-electron chi connectivity index (χ2n) is 5.54. The fourth-order valence-corrected chi connectivity index (χ4v) is 4.35.